The van der Waals surface area contributed by atoms with Crippen LogP contribution in [0.3, 0.4) is 0 Å². The maximum absolute atomic E-state index is 12.6. The van der Waals surface area contributed by atoms with Crippen molar-refractivity contribution >= 4 is 24.6 Å². The molecule has 0 aliphatic carbocycles. The standard InChI is InChI=1S/C18H16NO5.F6P/c1-19-6-4-11(5-7-19)17(20)14-10-13-15(23-3)8-12(22-2)9-16(13)24-18(14)21;1-7(2,3,4,5)6/h4-10H,1-3H3;/q+1;-1. The SMILES string of the molecule is COc1cc(OC)c2cc(C(=O)c3cc[n+](C)cc3)c(=O)oc2c1.F[P-](F)(F)(F)(F)F. The van der Waals surface area contributed by atoms with Gasteiger partial charge in [0.1, 0.15) is 29.7 Å². The van der Waals surface area contributed by atoms with Gasteiger partial charge in [0, 0.05) is 29.8 Å². The second-order valence-corrected chi connectivity index (χ2v) is 8.15. The number of nitrogens with zero attached hydrogens (tertiary/aromatic N) is 1. The minimum absolute atomic E-state index is 0.0418. The van der Waals surface area contributed by atoms with Crippen molar-refractivity contribution < 1.29 is 48.4 Å². The van der Waals surface area contributed by atoms with Crippen molar-refractivity contribution in [1.82, 2.24) is 0 Å². The average molecular weight is 471 g/mol. The number of fused-ring (bicyclic) bond motifs is 1. The summed E-state index contributed by atoms with van der Waals surface area (Å²) in [5.41, 5.74) is -0.0321. The van der Waals surface area contributed by atoms with Crippen molar-refractivity contribution in [3.63, 3.8) is 0 Å². The van der Waals surface area contributed by atoms with E-state index in [1.54, 1.807) is 41.2 Å². The Morgan fingerprint density at radius 2 is 1.52 bits per heavy atom. The molecule has 0 radical (unpaired) electrons. The zero-order valence-corrected chi connectivity index (χ0v) is 17.1. The molecule has 0 aliphatic heterocycles. The van der Waals surface area contributed by atoms with Gasteiger partial charge in [-0.2, -0.15) is 0 Å². The molecule has 0 unspecified atom stereocenters. The Morgan fingerprint density at radius 3 is 2.00 bits per heavy atom. The minimum atomic E-state index is -10.7. The first-order valence-corrected chi connectivity index (χ1v) is 10.3. The number of aromatic nitrogens is 1. The molecule has 31 heavy (non-hydrogen) atoms. The van der Waals surface area contributed by atoms with E-state index >= 15 is 0 Å². The molecule has 1 aromatic carbocycles. The van der Waals surface area contributed by atoms with E-state index in [9.17, 15) is 34.8 Å². The van der Waals surface area contributed by atoms with Crippen LogP contribution in [0.4, 0.5) is 25.2 Å². The fourth-order valence-corrected chi connectivity index (χ4v) is 2.41. The molecule has 2 aromatic heterocycles. The molecule has 0 aliphatic rings. The summed E-state index contributed by atoms with van der Waals surface area (Å²) in [7, 11) is -5.81. The van der Waals surface area contributed by atoms with Gasteiger partial charge in [-0.05, 0) is 6.07 Å². The van der Waals surface area contributed by atoms with Gasteiger partial charge in [-0.3, -0.25) is 4.79 Å². The first-order chi connectivity index (χ1) is 14.0. The first kappa shape index (κ1) is 24.1. The zero-order valence-electron chi connectivity index (χ0n) is 16.2. The number of carbonyl (C=O) groups is 1. The van der Waals surface area contributed by atoms with E-state index in [0.717, 1.165) is 0 Å². The summed E-state index contributed by atoms with van der Waals surface area (Å²) < 4.78 is 76.8. The third-order valence-electron chi connectivity index (χ3n) is 3.73. The Kier molecular flexibility index (Phi) is 5.86. The number of aryl methyl sites for hydroxylation is 1. The van der Waals surface area contributed by atoms with Crippen LogP contribution in [0.1, 0.15) is 15.9 Å². The summed E-state index contributed by atoms with van der Waals surface area (Å²) in [6, 6.07) is 8.04. The molecule has 0 amide bonds. The number of ether oxygens (including phenoxy) is 2. The topological polar surface area (TPSA) is 69.6 Å². The quantitative estimate of drug-likeness (QED) is 0.171. The number of rotatable bonds is 4. The molecule has 2 heterocycles. The van der Waals surface area contributed by atoms with Gasteiger partial charge >= 0.3 is 38.6 Å². The Hall–Kier alpha value is -3.14. The Labute approximate surface area is 170 Å². The molecule has 3 rings (SSSR count). The summed E-state index contributed by atoms with van der Waals surface area (Å²) in [6.45, 7) is 0. The number of benzene rings is 1. The normalized spacial score (nSPS) is 13.5. The molecule has 0 N–H and O–H groups in total. The second kappa shape index (κ2) is 7.52. The fraction of sp³-hybridized carbons (Fsp3) is 0.167. The van der Waals surface area contributed by atoms with Crippen LogP contribution in [0.2, 0.25) is 0 Å². The molecule has 170 valence electrons. The van der Waals surface area contributed by atoms with Crippen molar-refractivity contribution in [2.75, 3.05) is 14.2 Å². The van der Waals surface area contributed by atoms with Crippen molar-refractivity contribution in [1.29, 1.82) is 0 Å². The molecule has 0 bridgehead atoms. The van der Waals surface area contributed by atoms with Crippen molar-refractivity contribution in [2.24, 2.45) is 7.05 Å². The van der Waals surface area contributed by atoms with Crippen molar-refractivity contribution in [2.45, 2.75) is 0 Å². The molecular weight excluding hydrogens is 455 g/mol. The van der Waals surface area contributed by atoms with Gasteiger partial charge in [0.05, 0.1) is 19.6 Å². The van der Waals surface area contributed by atoms with Crippen LogP contribution in [0.5, 0.6) is 11.5 Å². The van der Waals surface area contributed by atoms with Crippen LogP contribution in [0, 0.1) is 0 Å². The van der Waals surface area contributed by atoms with Crippen molar-refractivity contribution in [3.05, 3.63) is 64.3 Å². The van der Waals surface area contributed by atoms with Gasteiger partial charge in [-0.15, -0.1) is 0 Å². The molecule has 0 atom stereocenters. The van der Waals surface area contributed by atoms with E-state index in [1.807, 2.05) is 7.05 Å². The number of methoxy groups -OCH3 is 2. The van der Waals surface area contributed by atoms with Crippen LogP contribution < -0.4 is 19.7 Å². The van der Waals surface area contributed by atoms with Gasteiger partial charge < -0.3 is 13.9 Å². The molecule has 0 spiro atoms. The molecule has 6 nitrogen and oxygen atoms in total. The number of halogens is 6. The third kappa shape index (κ3) is 7.56. The predicted octanol–water partition coefficient (Wildman–Crippen LogP) is 5.25. The van der Waals surface area contributed by atoms with Gasteiger partial charge in [-0.1, -0.05) is 0 Å². The van der Waals surface area contributed by atoms with Gasteiger partial charge in [0.25, 0.3) is 0 Å². The number of carbonyl (C=O) groups excluding carboxylic acids is 1. The second-order valence-electron chi connectivity index (χ2n) is 6.23. The Bertz CT molecular complexity index is 1180. The summed E-state index contributed by atoms with van der Waals surface area (Å²) in [5.74, 6) is 0.558. The van der Waals surface area contributed by atoms with E-state index in [4.69, 9.17) is 13.9 Å². The molecular formula is C18H16F6NO5P. The average Bonchev–Trinajstić information content (AvgIpc) is 2.64. The fourth-order valence-electron chi connectivity index (χ4n) is 2.41. The van der Waals surface area contributed by atoms with E-state index in [1.165, 1.54) is 20.3 Å². The van der Waals surface area contributed by atoms with Gasteiger partial charge in [-0.25, -0.2) is 9.36 Å². The summed E-state index contributed by atoms with van der Waals surface area (Å²) in [6.07, 6.45) is 3.47. The van der Waals surface area contributed by atoms with Crippen LogP contribution >= 0.6 is 7.81 Å². The summed E-state index contributed by atoms with van der Waals surface area (Å²) >= 11 is 0. The molecule has 0 saturated carbocycles. The monoisotopic (exact) mass is 471 g/mol. The predicted molar refractivity (Wildman–Crippen MR) is 100 cm³/mol. The number of hydrogen-bond acceptors (Lipinski definition) is 5. The third-order valence-corrected chi connectivity index (χ3v) is 3.73. The van der Waals surface area contributed by atoms with E-state index < -0.39 is 19.2 Å². The summed E-state index contributed by atoms with van der Waals surface area (Å²) in [5, 5.41) is 0.530. The van der Waals surface area contributed by atoms with Gasteiger partial charge in [0.2, 0.25) is 5.78 Å². The Balaban J connectivity index is 0.000000423. The van der Waals surface area contributed by atoms with Crippen LogP contribution in [-0.4, -0.2) is 20.0 Å². The van der Waals surface area contributed by atoms with E-state index in [-0.39, 0.29) is 5.56 Å². The molecule has 0 saturated heterocycles. The number of pyridine rings is 1. The van der Waals surface area contributed by atoms with E-state index in [0.29, 0.717) is 28.0 Å². The van der Waals surface area contributed by atoms with Crippen LogP contribution in [0.25, 0.3) is 11.0 Å². The molecule has 0 fully saturated rings. The van der Waals surface area contributed by atoms with Crippen LogP contribution in [0.15, 0.2) is 51.9 Å². The Morgan fingerprint density at radius 1 is 0.968 bits per heavy atom. The first-order valence-electron chi connectivity index (χ1n) is 8.25. The summed E-state index contributed by atoms with van der Waals surface area (Å²) in [4.78, 5) is 24.8. The molecule has 13 heteroatoms. The number of hydrogen-bond donors (Lipinski definition) is 0. The van der Waals surface area contributed by atoms with Crippen molar-refractivity contribution in [3.8, 4) is 11.5 Å². The molecule has 3 aromatic rings. The van der Waals surface area contributed by atoms with E-state index in [2.05, 4.69) is 0 Å². The van der Waals surface area contributed by atoms with Gasteiger partial charge in [0.15, 0.2) is 12.4 Å². The number of ketones is 1. The zero-order chi connectivity index (χ0) is 23.7. The maximum atomic E-state index is 12.6. The van der Waals surface area contributed by atoms with Crippen LogP contribution in [-0.2, 0) is 7.05 Å².